The molecule has 17 heavy (non-hydrogen) atoms. The minimum absolute atomic E-state index is 0.103. The SMILES string of the molecule is CCNC(=O)C(C)Nc1ccc(C(N)=O)cn1. The molecule has 0 spiro atoms. The number of rotatable bonds is 5. The first-order valence-electron chi connectivity index (χ1n) is 5.34. The van der Waals surface area contributed by atoms with Crippen LogP contribution in [0.5, 0.6) is 0 Å². The monoisotopic (exact) mass is 236 g/mol. The minimum Gasteiger partial charge on any atom is -0.366 e. The summed E-state index contributed by atoms with van der Waals surface area (Å²) >= 11 is 0. The Labute approximate surface area is 99.6 Å². The van der Waals surface area contributed by atoms with Crippen LogP contribution in [0.2, 0.25) is 0 Å². The summed E-state index contributed by atoms with van der Waals surface area (Å²) in [7, 11) is 0. The zero-order valence-electron chi connectivity index (χ0n) is 9.86. The van der Waals surface area contributed by atoms with Crippen molar-refractivity contribution in [2.24, 2.45) is 5.73 Å². The molecule has 0 aliphatic rings. The summed E-state index contributed by atoms with van der Waals surface area (Å²) in [6, 6.07) is 2.78. The van der Waals surface area contributed by atoms with Gasteiger partial charge < -0.3 is 16.4 Å². The zero-order chi connectivity index (χ0) is 12.8. The number of primary amides is 1. The molecule has 4 N–H and O–H groups in total. The van der Waals surface area contributed by atoms with Crippen molar-refractivity contribution in [3.05, 3.63) is 23.9 Å². The second-order valence-electron chi connectivity index (χ2n) is 3.56. The highest BCUT2D eigenvalue weighted by atomic mass is 16.2. The molecule has 1 unspecified atom stereocenters. The van der Waals surface area contributed by atoms with Gasteiger partial charge >= 0.3 is 0 Å². The van der Waals surface area contributed by atoms with Gasteiger partial charge in [0.25, 0.3) is 0 Å². The van der Waals surface area contributed by atoms with E-state index in [4.69, 9.17) is 5.73 Å². The van der Waals surface area contributed by atoms with Crippen molar-refractivity contribution in [1.29, 1.82) is 0 Å². The summed E-state index contributed by atoms with van der Waals surface area (Å²) < 4.78 is 0. The number of amides is 2. The third-order valence-corrected chi connectivity index (χ3v) is 2.16. The lowest BCUT2D eigenvalue weighted by molar-refractivity contribution is -0.121. The molecule has 0 aliphatic heterocycles. The second-order valence-corrected chi connectivity index (χ2v) is 3.56. The maximum Gasteiger partial charge on any atom is 0.250 e. The van der Waals surface area contributed by atoms with Gasteiger partial charge in [0.1, 0.15) is 11.9 Å². The van der Waals surface area contributed by atoms with Gasteiger partial charge in [-0.15, -0.1) is 0 Å². The molecule has 1 aromatic heterocycles. The van der Waals surface area contributed by atoms with E-state index >= 15 is 0 Å². The number of hydrogen-bond acceptors (Lipinski definition) is 4. The van der Waals surface area contributed by atoms with E-state index in [-0.39, 0.29) is 11.9 Å². The van der Waals surface area contributed by atoms with Crippen molar-refractivity contribution in [1.82, 2.24) is 10.3 Å². The molecular formula is C11H16N4O2. The summed E-state index contributed by atoms with van der Waals surface area (Å²) in [6.45, 7) is 4.16. The van der Waals surface area contributed by atoms with Crippen LogP contribution in [0.25, 0.3) is 0 Å². The Balaban J connectivity index is 2.63. The summed E-state index contributed by atoms with van der Waals surface area (Å²) in [5.74, 6) is -0.108. The normalized spacial score (nSPS) is 11.6. The zero-order valence-corrected chi connectivity index (χ0v) is 9.86. The van der Waals surface area contributed by atoms with Crippen LogP contribution in [0, 0.1) is 0 Å². The van der Waals surface area contributed by atoms with E-state index in [1.807, 2.05) is 6.92 Å². The number of carbonyl (C=O) groups is 2. The Hall–Kier alpha value is -2.11. The largest absolute Gasteiger partial charge is 0.366 e. The molecule has 0 aliphatic carbocycles. The molecule has 2 amide bonds. The maximum atomic E-state index is 11.4. The Kier molecular flexibility index (Phi) is 4.45. The minimum atomic E-state index is -0.527. The molecule has 1 atom stereocenters. The number of nitrogens with zero attached hydrogens (tertiary/aromatic N) is 1. The van der Waals surface area contributed by atoms with Crippen LogP contribution in [0.3, 0.4) is 0 Å². The molecule has 6 nitrogen and oxygen atoms in total. The standard InChI is InChI=1S/C11H16N4O2/c1-3-13-11(17)7(2)15-9-5-4-8(6-14-9)10(12)16/h4-7H,3H2,1-2H3,(H2,12,16)(H,13,17)(H,14,15). The second kappa shape index (κ2) is 5.83. The topological polar surface area (TPSA) is 97.1 Å². The summed E-state index contributed by atoms with van der Waals surface area (Å²) in [5.41, 5.74) is 5.42. The van der Waals surface area contributed by atoms with Gasteiger partial charge in [-0.05, 0) is 26.0 Å². The first kappa shape index (κ1) is 13.0. The number of anilines is 1. The maximum absolute atomic E-state index is 11.4. The van der Waals surface area contributed by atoms with Crippen LogP contribution in [0.1, 0.15) is 24.2 Å². The molecule has 1 aromatic rings. The van der Waals surface area contributed by atoms with Crippen LogP contribution >= 0.6 is 0 Å². The van der Waals surface area contributed by atoms with Crippen molar-refractivity contribution >= 4 is 17.6 Å². The van der Waals surface area contributed by atoms with E-state index in [9.17, 15) is 9.59 Å². The lowest BCUT2D eigenvalue weighted by atomic mass is 10.2. The van der Waals surface area contributed by atoms with E-state index in [0.29, 0.717) is 17.9 Å². The van der Waals surface area contributed by atoms with Gasteiger partial charge in [-0.3, -0.25) is 9.59 Å². The third kappa shape index (κ3) is 3.75. The Bertz CT molecular complexity index is 402. The van der Waals surface area contributed by atoms with Gasteiger partial charge in [0.15, 0.2) is 0 Å². The van der Waals surface area contributed by atoms with Crippen LogP contribution < -0.4 is 16.4 Å². The molecule has 92 valence electrons. The van der Waals surface area contributed by atoms with E-state index in [1.165, 1.54) is 6.20 Å². The van der Waals surface area contributed by atoms with Crippen molar-refractivity contribution in [3.8, 4) is 0 Å². The van der Waals surface area contributed by atoms with Gasteiger partial charge in [0.2, 0.25) is 11.8 Å². The number of nitrogens with one attached hydrogen (secondary N) is 2. The lowest BCUT2D eigenvalue weighted by Crippen LogP contribution is -2.37. The molecule has 0 aromatic carbocycles. The summed E-state index contributed by atoms with van der Waals surface area (Å²) in [6.07, 6.45) is 1.37. The Morgan fingerprint density at radius 2 is 2.18 bits per heavy atom. The summed E-state index contributed by atoms with van der Waals surface area (Å²) in [4.78, 5) is 26.3. The van der Waals surface area contributed by atoms with Gasteiger partial charge in [0, 0.05) is 12.7 Å². The Morgan fingerprint density at radius 3 is 2.65 bits per heavy atom. The van der Waals surface area contributed by atoms with Crippen LogP contribution in [-0.4, -0.2) is 29.4 Å². The third-order valence-electron chi connectivity index (χ3n) is 2.16. The molecule has 0 saturated carbocycles. The van der Waals surface area contributed by atoms with E-state index in [0.717, 1.165) is 0 Å². The van der Waals surface area contributed by atoms with Crippen LogP contribution in [0.15, 0.2) is 18.3 Å². The quantitative estimate of drug-likeness (QED) is 0.676. The lowest BCUT2D eigenvalue weighted by Gasteiger charge is -2.13. The number of carbonyl (C=O) groups excluding carboxylic acids is 2. The van der Waals surface area contributed by atoms with Crippen molar-refractivity contribution < 1.29 is 9.59 Å². The van der Waals surface area contributed by atoms with Crippen LogP contribution in [-0.2, 0) is 4.79 Å². The smallest absolute Gasteiger partial charge is 0.250 e. The highest BCUT2D eigenvalue weighted by Crippen LogP contribution is 2.06. The van der Waals surface area contributed by atoms with Crippen molar-refractivity contribution in [2.45, 2.75) is 19.9 Å². The molecule has 0 saturated heterocycles. The number of likely N-dealkylation sites (N-methyl/N-ethyl adjacent to an activating group) is 1. The number of aromatic nitrogens is 1. The molecule has 0 radical (unpaired) electrons. The first-order chi connectivity index (χ1) is 8.04. The number of nitrogens with two attached hydrogens (primary N) is 1. The highest BCUT2D eigenvalue weighted by Gasteiger charge is 2.11. The molecule has 0 fully saturated rings. The van der Waals surface area contributed by atoms with Gasteiger partial charge in [0.05, 0.1) is 5.56 Å². The fourth-order valence-corrected chi connectivity index (χ4v) is 1.24. The molecule has 6 heteroatoms. The Morgan fingerprint density at radius 1 is 1.47 bits per heavy atom. The average molecular weight is 236 g/mol. The predicted molar refractivity (Wildman–Crippen MR) is 64.5 cm³/mol. The van der Waals surface area contributed by atoms with Gasteiger partial charge in [-0.25, -0.2) is 4.98 Å². The van der Waals surface area contributed by atoms with Crippen LogP contribution in [0.4, 0.5) is 5.82 Å². The van der Waals surface area contributed by atoms with E-state index in [1.54, 1.807) is 19.1 Å². The summed E-state index contributed by atoms with van der Waals surface area (Å²) in [5, 5.41) is 5.61. The molecular weight excluding hydrogens is 220 g/mol. The van der Waals surface area contributed by atoms with E-state index in [2.05, 4.69) is 15.6 Å². The van der Waals surface area contributed by atoms with Crippen molar-refractivity contribution in [2.75, 3.05) is 11.9 Å². The predicted octanol–water partition coefficient (Wildman–Crippen LogP) is 0.117. The fourth-order valence-electron chi connectivity index (χ4n) is 1.24. The number of hydrogen-bond donors (Lipinski definition) is 3. The molecule has 0 bridgehead atoms. The van der Waals surface area contributed by atoms with E-state index < -0.39 is 5.91 Å². The fraction of sp³-hybridized carbons (Fsp3) is 0.364. The van der Waals surface area contributed by atoms with Gasteiger partial charge in [-0.2, -0.15) is 0 Å². The molecule has 1 rings (SSSR count). The molecule has 1 heterocycles. The first-order valence-corrected chi connectivity index (χ1v) is 5.34. The number of pyridine rings is 1. The highest BCUT2D eigenvalue weighted by molar-refractivity contribution is 5.92. The van der Waals surface area contributed by atoms with Gasteiger partial charge in [-0.1, -0.05) is 0 Å². The van der Waals surface area contributed by atoms with Crippen molar-refractivity contribution in [3.63, 3.8) is 0 Å². The average Bonchev–Trinajstić information content (AvgIpc) is 2.30.